The molecule has 0 N–H and O–H groups in total. The number of hydrogen-bond donors (Lipinski definition) is 0. The smallest absolute Gasteiger partial charge is 0.127 e. The molecular weight excluding hydrogens is 520 g/mol. The molecule has 234 valence electrons. The number of fused-ring (bicyclic) bond motifs is 2. The summed E-state index contributed by atoms with van der Waals surface area (Å²) >= 11 is 0. The summed E-state index contributed by atoms with van der Waals surface area (Å²) in [6, 6.07) is 12.9. The summed E-state index contributed by atoms with van der Waals surface area (Å²) in [4.78, 5) is 0. The molecule has 0 aromatic heterocycles. The Hall–Kier alpha value is -2.62. The minimum atomic E-state index is 0.728. The summed E-state index contributed by atoms with van der Waals surface area (Å²) in [5, 5.41) is 4.33. The summed E-state index contributed by atoms with van der Waals surface area (Å²) in [5.41, 5.74) is 0. The molecule has 4 nitrogen and oxygen atoms in total. The van der Waals surface area contributed by atoms with Gasteiger partial charge in [-0.05, 0) is 62.1 Å². The van der Waals surface area contributed by atoms with Crippen LogP contribution < -0.4 is 18.9 Å². The second kappa shape index (κ2) is 20.3. The number of benzene rings is 3. The Kier molecular flexibility index (Phi) is 16.4. The standard InChI is InChI=1S/C38H58O4/c1-5-9-13-17-25-39-35-21-22-36(40-26-18-14-10-6-2)32-30-34-33(29-31(32)35)37(41-27-19-15-11-7-3)23-24-38(34)42-28-20-16-12-8-4/h21-24,29-30H,5-20,25-28H2,1-4H3. The van der Waals surface area contributed by atoms with Gasteiger partial charge >= 0.3 is 0 Å². The lowest BCUT2D eigenvalue weighted by Crippen LogP contribution is -2.02. The average Bonchev–Trinajstić information content (AvgIpc) is 3.01. The van der Waals surface area contributed by atoms with Crippen molar-refractivity contribution in [2.75, 3.05) is 26.4 Å². The van der Waals surface area contributed by atoms with Gasteiger partial charge in [-0.3, -0.25) is 0 Å². The lowest BCUT2D eigenvalue weighted by atomic mass is 10.0. The van der Waals surface area contributed by atoms with Crippen molar-refractivity contribution in [3.63, 3.8) is 0 Å². The molecule has 0 spiro atoms. The zero-order valence-electron chi connectivity index (χ0n) is 27.2. The highest BCUT2D eigenvalue weighted by Crippen LogP contribution is 2.42. The van der Waals surface area contributed by atoms with Gasteiger partial charge in [0.25, 0.3) is 0 Å². The maximum Gasteiger partial charge on any atom is 0.127 e. The van der Waals surface area contributed by atoms with Gasteiger partial charge in [-0.25, -0.2) is 0 Å². The zero-order chi connectivity index (χ0) is 29.8. The highest BCUT2D eigenvalue weighted by molar-refractivity contribution is 6.07. The fourth-order valence-electron chi connectivity index (χ4n) is 5.42. The first-order valence-electron chi connectivity index (χ1n) is 17.3. The molecule has 0 aliphatic rings. The van der Waals surface area contributed by atoms with Crippen LogP contribution in [0.5, 0.6) is 23.0 Å². The van der Waals surface area contributed by atoms with Crippen LogP contribution in [0.3, 0.4) is 0 Å². The van der Waals surface area contributed by atoms with Crippen LogP contribution in [0.4, 0.5) is 0 Å². The van der Waals surface area contributed by atoms with E-state index in [0.717, 1.165) is 96.7 Å². The Bertz CT molecular complexity index is 978. The molecular formula is C38H58O4. The van der Waals surface area contributed by atoms with E-state index in [0.29, 0.717) is 0 Å². The van der Waals surface area contributed by atoms with E-state index in [-0.39, 0.29) is 0 Å². The molecule has 0 fully saturated rings. The molecule has 0 saturated carbocycles. The Balaban J connectivity index is 1.98. The molecule has 0 aliphatic carbocycles. The van der Waals surface area contributed by atoms with Gasteiger partial charge in [-0.2, -0.15) is 0 Å². The molecule has 0 saturated heterocycles. The van der Waals surface area contributed by atoms with Gasteiger partial charge in [0.2, 0.25) is 0 Å². The lowest BCUT2D eigenvalue weighted by molar-refractivity contribution is 0.301. The monoisotopic (exact) mass is 578 g/mol. The molecule has 0 bridgehead atoms. The Morgan fingerprint density at radius 3 is 0.786 bits per heavy atom. The Morgan fingerprint density at radius 1 is 0.333 bits per heavy atom. The van der Waals surface area contributed by atoms with E-state index in [1.807, 2.05) is 0 Å². The van der Waals surface area contributed by atoms with Gasteiger partial charge in [0, 0.05) is 21.5 Å². The third-order valence-electron chi connectivity index (χ3n) is 8.01. The summed E-state index contributed by atoms with van der Waals surface area (Å²) in [7, 11) is 0. The summed E-state index contributed by atoms with van der Waals surface area (Å²) in [6.07, 6.45) is 19.0. The van der Waals surface area contributed by atoms with Crippen LogP contribution in [0.1, 0.15) is 130 Å². The molecule has 0 atom stereocenters. The molecule has 3 aromatic carbocycles. The van der Waals surface area contributed by atoms with E-state index in [1.54, 1.807) is 0 Å². The third kappa shape index (κ3) is 10.9. The van der Waals surface area contributed by atoms with Crippen molar-refractivity contribution < 1.29 is 18.9 Å². The molecule has 3 rings (SSSR count). The first-order valence-corrected chi connectivity index (χ1v) is 17.3. The predicted octanol–water partition coefficient (Wildman–Crippen LogP) is 11.8. The number of ether oxygens (including phenoxy) is 4. The fraction of sp³-hybridized carbons (Fsp3) is 0.632. The molecule has 0 amide bonds. The van der Waals surface area contributed by atoms with E-state index in [1.165, 1.54) is 77.0 Å². The van der Waals surface area contributed by atoms with Crippen molar-refractivity contribution in [3.8, 4) is 23.0 Å². The maximum absolute atomic E-state index is 6.40. The van der Waals surface area contributed by atoms with Crippen LogP contribution in [0.25, 0.3) is 21.5 Å². The molecule has 0 heterocycles. The van der Waals surface area contributed by atoms with Crippen molar-refractivity contribution in [2.24, 2.45) is 0 Å². The predicted molar refractivity (Wildman–Crippen MR) is 180 cm³/mol. The van der Waals surface area contributed by atoms with E-state index in [4.69, 9.17) is 18.9 Å². The first kappa shape index (κ1) is 33.9. The third-order valence-corrected chi connectivity index (χ3v) is 8.01. The molecule has 0 unspecified atom stereocenters. The normalized spacial score (nSPS) is 11.3. The molecule has 4 heteroatoms. The van der Waals surface area contributed by atoms with Gasteiger partial charge in [-0.1, -0.05) is 105 Å². The van der Waals surface area contributed by atoms with Crippen LogP contribution in [0, 0.1) is 0 Å². The SMILES string of the molecule is CCCCCCOc1ccc(OCCCCCC)c2cc3c(OCCCCCC)ccc(OCCCCCC)c3cc12. The van der Waals surface area contributed by atoms with Crippen molar-refractivity contribution >= 4 is 21.5 Å². The zero-order valence-corrected chi connectivity index (χ0v) is 27.2. The van der Waals surface area contributed by atoms with Crippen LogP contribution in [-0.4, -0.2) is 26.4 Å². The number of unbranched alkanes of at least 4 members (excludes halogenated alkanes) is 12. The van der Waals surface area contributed by atoms with Crippen LogP contribution in [-0.2, 0) is 0 Å². The van der Waals surface area contributed by atoms with Gasteiger partial charge in [0.05, 0.1) is 26.4 Å². The summed E-state index contributed by atoms with van der Waals surface area (Å²) in [6.45, 7) is 11.9. The number of rotatable bonds is 24. The van der Waals surface area contributed by atoms with Crippen LogP contribution >= 0.6 is 0 Å². The van der Waals surface area contributed by atoms with Crippen molar-refractivity contribution in [3.05, 3.63) is 36.4 Å². The quantitative estimate of drug-likeness (QED) is 0.0782. The maximum atomic E-state index is 6.40. The van der Waals surface area contributed by atoms with Gasteiger partial charge in [-0.15, -0.1) is 0 Å². The van der Waals surface area contributed by atoms with Crippen LogP contribution in [0.15, 0.2) is 36.4 Å². The average molecular weight is 579 g/mol. The molecule has 3 aromatic rings. The highest BCUT2D eigenvalue weighted by atomic mass is 16.5. The van der Waals surface area contributed by atoms with Gasteiger partial charge < -0.3 is 18.9 Å². The topological polar surface area (TPSA) is 36.9 Å². The van der Waals surface area contributed by atoms with Crippen molar-refractivity contribution in [1.82, 2.24) is 0 Å². The fourth-order valence-corrected chi connectivity index (χ4v) is 5.42. The lowest BCUT2D eigenvalue weighted by Gasteiger charge is -2.18. The Labute approximate surface area is 256 Å². The number of hydrogen-bond acceptors (Lipinski definition) is 4. The highest BCUT2D eigenvalue weighted by Gasteiger charge is 2.16. The van der Waals surface area contributed by atoms with Crippen molar-refractivity contribution in [2.45, 2.75) is 130 Å². The largest absolute Gasteiger partial charge is 0.493 e. The van der Waals surface area contributed by atoms with Crippen molar-refractivity contribution in [1.29, 1.82) is 0 Å². The second-order valence-electron chi connectivity index (χ2n) is 11.7. The minimum absolute atomic E-state index is 0.728. The van der Waals surface area contributed by atoms with E-state index in [9.17, 15) is 0 Å². The second-order valence-corrected chi connectivity index (χ2v) is 11.7. The first-order chi connectivity index (χ1) is 20.7. The van der Waals surface area contributed by atoms with E-state index in [2.05, 4.69) is 64.1 Å². The van der Waals surface area contributed by atoms with Crippen LogP contribution in [0.2, 0.25) is 0 Å². The Morgan fingerprint density at radius 2 is 0.571 bits per heavy atom. The minimum Gasteiger partial charge on any atom is -0.493 e. The van der Waals surface area contributed by atoms with Gasteiger partial charge in [0.15, 0.2) is 0 Å². The molecule has 42 heavy (non-hydrogen) atoms. The van der Waals surface area contributed by atoms with E-state index < -0.39 is 0 Å². The molecule has 0 aliphatic heterocycles. The summed E-state index contributed by atoms with van der Waals surface area (Å²) < 4.78 is 25.6. The summed E-state index contributed by atoms with van der Waals surface area (Å²) in [5.74, 6) is 3.67. The molecule has 0 radical (unpaired) electrons. The van der Waals surface area contributed by atoms with E-state index >= 15 is 0 Å². The van der Waals surface area contributed by atoms with Gasteiger partial charge in [0.1, 0.15) is 23.0 Å².